The average molecular weight is 512 g/mol. The van der Waals surface area contributed by atoms with Gasteiger partial charge in [-0.3, -0.25) is 9.48 Å². The van der Waals surface area contributed by atoms with Gasteiger partial charge in [0, 0.05) is 48.0 Å². The van der Waals surface area contributed by atoms with Crippen LogP contribution in [0.25, 0.3) is 5.57 Å². The Bertz CT molecular complexity index is 1430. The van der Waals surface area contributed by atoms with Crippen molar-refractivity contribution in [3.63, 3.8) is 0 Å². The number of rotatable bonds is 5. The standard InChI is InChI=1S/C28H33N9O/c1-17(2)36-15-18(3)34-27-25(36)11-19(12-32-27)23-6-9-30-26-24(23)10-20(13-31-26)28(38)35-21-14-33-37(16-21)22-4-7-29-8-5-22/h6,10-14,16-17,22,29H,4-5,7-9,15H2,1-3H3,(H,30,31)(H,35,38). The number of anilines is 3. The highest BCUT2D eigenvalue weighted by atomic mass is 16.1. The maximum atomic E-state index is 13.2. The molecule has 10 nitrogen and oxygen atoms in total. The Hall–Kier alpha value is -4.05. The average Bonchev–Trinajstić information content (AvgIpc) is 3.40. The molecule has 3 aromatic rings. The quantitative estimate of drug-likeness (QED) is 0.474. The molecule has 10 heteroatoms. The molecule has 3 aromatic heterocycles. The lowest BCUT2D eigenvalue weighted by Crippen LogP contribution is -2.37. The number of amides is 1. The molecule has 0 saturated carbocycles. The van der Waals surface area contributed by atoms with E-state index in [0.717, 1.165) is 72.2 Å². The number of hydrogen-bond donors (Lipinski definition) is 3. The van der Waals surface area contributed by atoms with Crippen LogP contribution >= 0.6 is 0 Å². The van der Waals surface area contributed by atoms with Gasteiger partial charge in [-0.1, -0.05) is 6.08 Å². The fraction of sp³-hybridized carbons (Fsp3) is 0.393. The van der Waals surface area contributed by atoms with Crippen LogP contribution in [0.5, 0.6) is 0 Å². The molecular formula is C28H33N9O. The molecule has 1 amide bonds. The summed E-state index contributed by atoms with van der Waals surface area (Å²) in [6, 6.07) is 4.73. The lowest BCUT2D eigenvalue weighted by Gasteiger charge is -2.33. The smallest absolute Gasteiger partial charge is 0.257 e. The normalized spacial score (nSPS) is 17.3. The minimum atomic E-state index is -0.213. The van der Waals surface area contributed by atoms with Gasteiger partial charge in [0.05, 0.1) is 35.7 Å². The number of aliphatic imine (C=N–C) groups is 1. The van der Waals surface area contributed by atoms with Crippen LogP contribution in [0, 0.1) is 0 Å². The van der Waals surface area contributed by atoms with Gasteiger partial charge in [0.1, 0.15) is 5.82 Å². The molecule has 3 N–H and O–H groups in total. The van der Waals surface area contributed by atoms with E-state index >= 15 is 0 Å². The van der Waals surface area contributed by atoms with Gasteiger partial charge in [0.15, 0.2) is 5.82 Å². The largest absolute Gasteiger partial charge is 0.366 e. The van der Waals surface area contributed by atoms with E-state index in [-0.39, 0.29) is 5.91 Å². The molecule has 196 valence electrons. The van der Waals surface area contributed by atoms with E-state index < -0.39 is 0 Å². The number of carbonyl (C=O) groups is 1. The van der Waals surface area contributed by atoms with Gasteiger partial charge in [-0.2, -0.15) is 5.10 Å². The summed E-state index contributed by atoms with van der Waals surface area (Å²) in [6.07, 6.45) is 11.3. The van der Waals surface area contributed by atoms with Crippen molar-refractivity contribution in [2.45, 2.75) is 45.7 Å². The Morgan fingerprint density at radius 3 is 2.79 bits per heavy atom. The van der Waals surface area contributed by atoms with Crippen LogP contribution in [0.2, 0.25) is 0 Å². The van der Waals surface area contributed by atoms with Crippen LogP contribution in [-0.2, 0) is 0 Å². The Morgan fingerprint density at radius 2 is 1.97 bits per heavy atom. The van der Waals surface area contributed by atoms with E-state index in [4.69, 9.17) is 4.98 Å². The molecule has 6 heterocycles. The maximum absolute atomic E-state index is 13.2. The third kappa shape index (κ3) is 4.67. The zero-order chi connectivity index (χ0) is 26.2. The molecule has 0 unspecified atom stereocenters. The Kier molecular flexibility index (Phi) is 6.40. The number of nitrogens with zero attached hydrogens (tertiary/aromatic N) is 6. The molecule has 3 aliphatic rings. The van der Waals surface area contributed by atoms with E-state index in [2.05, 4.69) is 61.9 Å². The predicted molar refractivity (Wildman–Crippen MR) is 151 cm³/mol. The van der Waals surface area contributed by atoms with Crippen LogP contribution in [0.4, 0.5) is 23.0 Å². The molecule has 38 heavy (non-hydrogen) atoms. The Morgan fingerprint density at radius 1 is 1.13 bits per heavy atom. The minimum absolute atomic E-state index is 0.213. The number of aromatic nitrogens is 4. The maximum Gasteiger partial charge on any atom is 0.257 e. The van der Waals surface area contributed by atoms with Crippen molar-refractivity contribution in [1.82, 2.24) is 25.1 Å². The fourth-order valence-corrected chi connectivity index (χ4v) is 5.34. The summed E-state index contributed by atoms with van der Waals surface area (Å²) < 4.78 is 1.96. The molecule has 6 rings (SSSR count). The van der Waals surface area contributed by atoms with Gasteiger partial charge >= 0.3 is 0 Å². The highest BCUT2D eigenvalue weighted by molar-refractivity contribution is 6.05. The van der Waals surface area contributed by atoms with E-state index in [1.54, 1.807) is 12.4 Å². The zero-order valence-corrected chi connectivity index (χ0v) is 22.0. The molecule has 0 atom stereocenters. The summed E-state index contributed by atoms with van der Waals surface area (Å²) in [6.45, 7) is 9.80. The number of pyridine rings is 2. The molecule has 0 bridgehead atoms. The lowest BCUT2D eigenvalue weighted by atomic mass is 9.95. The summed E-state index contributed by atoms with van der Waals surface area (Å²) in [4.78, 5) is 29.5. The second-order valence-corrected chi connectivity index (χ2v) is 10.4. The molecule has 0 aliphatic carbocycles. The molecule has 1 saturated heterocycles. The van der Waals surface area contributed by atoms with Crippen molar-refractivity contribution in [3.05, 3.63) is 59.7 Å². The predicted octanol–water partition coefficient (Wildman–Crippen LogP) is 4.03. The zero-order valence-electron chi connectivity index (χ0n) is 22.0. The van der Waals surface area contributed by atoms with Gasteiger partial charge in [-0.15, -0.1) is 0 Å². The third-order valence-corrected chi connectivity index (χ3v) is 7.34. The number of fused-ring (bicyclic) bond motifs is 2. The van der Waals surface area contributed by atoms with Crippen LogP contribution < -0.4 is 20.9 Å². The first kappa shape index (κ1) is 24.3. The first-order chi connectivity index (χ1) is 18.5. The van der Waals surface area contributed by atoms with Crippen molar-refractivity contribution in [3.8, 4) is 0 Å². The van der Waals surface area contributed by atoms with Crippen molar-refractivity contribution in [2.24, 2.45) is 4.99 Å². The molecule has 3 aliphatic heterocycles. The Balaban J connectivity index is 1.26. The second-order valence-electron chi connectivity index (χ2n) is 10.4. The summed E-state index contributed by atoms with van der Waals surface area (Å²) in [5.41, 5.74) is 6.12. The van der Waals surface area contributed by atoms with Gasteiger partial charge < -0.3 is 20.9 Å². The topological polar surface area (TPSA) is 112 Å². The summed E-state index contributed by atoms with van der Waals surface area (Å²) in [5, 5.41) is 14.2. The van der Waals surface area contributed by atoms with E-state index in [1.165, 1.54) is 0 Å². The number of carbonyl (C=O) groups excluding carboxylic acids is 1. The summed E-state index contributed by atoms with van der Waals surface area (Å²) in [7, 11) is 0. The number of piperidine rings is 1. The second kappa shape index (κ2) is 10.0. The van der Waals surface area contributed by atoms with Crippen molar-refractivity contribution < 1.29 is 4.79 Å². The molecule has 1 fully saturated rings. The summed E-state index contributed by atoms with van der Waals surface area (Å²) in [5.74, 6) is 1.29. The third-order valence-electron chi connectivity index (χ3n) is 7.34. The number of hydrogen-bond acceptors (Lipinski definition) is 8. The molecular weight excluding hydrogens is 478 g/mol. The first-order valence-corrected chi connectivity index (χ1v) is 13.3. The molecule has 0 aromatic carbocycles. The van der Waals surface area contributed by atoms with Gasteiger partial charge in [-0.05, 0) is 64.4 Å². The Labute approximate surface area is 222 Å². The minimum Gasteiger partial charge on any atom is -0.366 e. The monoisotopic (exact) mass is 511 g/mol. The molecule has 0 spiro atoms. The van der Waals surface area contributed by atoms with E-state index in [0.29, 0.717) is 29.9 Å². The fourth-order valence-electron chi connectivity index (χ4n) is 5.34. The highest BCUT2D eigenvalue weighted by Crippen LogP contribution is 2.38. The highest BCUT2D eigenvalue weighted by Gasteiger charge is 2.24. The first-order valence-electron chi connectivity index (χ1n) is 13.3. The SMILES string of the molecule is CC1=Nc2ncc(C3=CCNc4ncc(C(=O)Nc5cnn(C6CCNCC6)c5)cc43)cc2N(C(C)C)C1. The summed E-state index contributed by atoms with van der Waals surface area (Å²) >= 11 is 0. The van der Waals surface area contributed by atoms with Crippen LogP contribution in [0.3, 0.4) is 0 Å². The van der Waals surface area contributed by atoms with Gasteiger partial charge in [-0.25, -0.2) is 15.0 Å². The van der Waals surface area contributed by atoms with E-state index in [1.807, 2.05) is 30.1 Å². The van der Waals surface area contributed by atoms with Gasteiger partial charge in [0.2, 0.25) is 0 Å². The van der Waals surface area contributed by atoms with Crippen LogP contribution in [0.1, 0.15) is 61.1 Å². The number of nitrogens with one attached hydrogen (secondary N) is 3. The van der Waals surface area contributed by atoms with Crippen molar-refractivity contribution in [2.75, 3.05) is 41.7 Å². The van der Waals surface area contributed by atoms with Crippen LogP contribution in [0.15, 0.2) is 48.0 Å². The molecule has 0 radical (unpaired) electrons. The van der Waals surface area contributed by atoms with Crippen molar-refractivity contribution in [1.29, 1.82) is 0 Å². The van der Waals surface area contributed by atoms with Crippen LogP contribution in [-0.4, -0.2) is 63.6 Å². The van der Waals surface area contributed by atoms with Crippen molar-refractivity contribution >= 4 is 40.2 Å². The van der Waals surface area contributed by atoms with Gasteiger partial charge in [0.25, 0.3) is 5.91 Å². The van der Waals surface area contributed by atoms with E-state index in [9.17, 15) is 4.79 Å². The lowest BCUT2D eigenvalue weighted by molar-refractivity contribution is 0.102.